The summed E-state index contributed by atoms with van der Waals surface area (Å²) in [4.78, 5) is 11.1. The van der Waals surface area contributed by atoms with Crippen LogP contribution >= 0.6 is 0 Å². The van der Waals surface area contributed by atoms with E-state index in [0.717, 1.165) is 5.56 Å². The Kier molecular flexibility index (Phi) is 6.15. The van der Waals surface area contributed by atoms with Crippen molar-refractivity contribution in [3.05, 3.63) is 23.8 Å². The highest BCUT2D eigenvalue weighted by atomic mass is 16.5. The molecule has 1 atom stereocenters. The topological polar surface area (TPSA) is 73.6 Å². The Labute approximate surface area is 114 Å². The van der Waals surface area contributed by atoms with Gasteiger partial charge in [-0.05, 0) is 31.0 Å². The molecule has 0 aliphatic rings. The van der Waals surface area contributed by atoms with E-state index < -0.39 is 0 Å². The molecule has 1 amide bonds. The Hall–Kier alpha value is -1.75. The van der Waals surface area contributed by atoms with Gasteiger partial charge in [0.15, 0.2) is 11.5 Å². The molecular formula is C14H22N2O3. The summed E-state index contributed by atoms with van der Waals surface area (Å²) in [6.45, 7) is 2.39. The van der Waals surface area contributed by atoms with Crippen LogP contribution in [0.4, 0.5) is 0 Å². The molecular weight excluding hydrogens is 244 g/mol. The van der Waals surface area contributed by atoms with Gasteiger partial charge in [0, 0.05) is 19.5 Å². The summed E-state index contributed by atoms with van der Waals surface area (Å²) in [5, 5.41) is 2.57. The molecule has 0 aromatic heterocycles. The lowest BCUT2D eigenvalue weighted by Gasteiger charge is -2.13. The van der Waals surface area contributed by atoms with Gasteiger partial charge in [-0.1, -0.05) is 6.07 Å². The summed E-state index contributed by atoms with van der Waals surface area (Å²) in [5.41, 5.74) is 6.81. The maximum Gasteiger partial charge on any atom is 0.219 e. The van der Waals surface area contributed by atoms with Crippen LogP contribution in [0.2, 0.25) is 0 Å². The summed E-state index contributed by atoms with van der Waals surface area (Å²) in [6.07, 6.45) is 1.12. The van der Waals surface area contributed by atoms with Crippen molar-refractivity contribution in [2.24, 2.45) is 5.73 Å². The first-order valence-corrected chi connectivity index (χ1v) is 6.35. The molecule has 106 valence electrons. The number of carbonyl (C=O) groups excluding carboxylic acids is 1. The number of benzene rings is 1. The van der Waals surface area contributed by atoms with E-state index in [2.05, 4.69) is 5.32 Å². The van der Waals surface area contributed by atoms with Crippen LogP contribution in [0.15, 0.2) is 18.2 Å². The van der Waals surface area contributed by atoms with Crippen molar-refractivity contribution in [3.63, 3.8) is 0 Å². The lowest BCUT2D eigenvalue weighted by molar-refractivity contribution is -0.120. The van der Waals surface area contributed by atoms with Crippen LogP contribution in [0, 0.1) is 0 Å². The SMILES string of the molecule is CNC(=O)CCCOc1ccc([C@H](C)N)cc1OC. The molecule has 5 heteroatoms. The van der Waals surface area contributed by atoms with Crippen LogP contribution in [-0.4, -0.2) is 26.7 Å². The monoisotopic (exact) mass is 266 g/mol. The molecule has 0 radical (unpaired) electrons. The van der Waals surface area contributed by atoms with Gasteiger partial charge in [0.1, 0.15) is 0 Å². The van der Waals surface area contributed by atoms with E-state index in [9.17, 15) is 4.79 Å². The molecule has 0 aliphatic carbocycles. The summed E-state index contributed by atoms with van der Waals surface area (Å²) in [5.74, 6) is 1.35. The van der Waals surface area contributed by atoms with Crippen molar-refractivity contribution in [1.82, 2.24) is 5.32 Å². The van der Waals surface area contributed by atoms with Crippen LogP contribution in [-0.2, 0) is 4.79 Å². The number of ether oxygens (including phenoxy) is 2. The average molecular weight is 266 g/mol. The predicted octanol–water partition coefficient (Wildman–Crippen LogP) is 1.62. The fraction of sp³-hybridized carbons (Fsp3) is 0.500. The minimum absolute atomic E-state index is 0.0165. The van der Waals surface area contributed by atoms with E-state index >= 15 is 0 Å². The number of carbonyl (C=O) groups is 1. The summed E-state index contributed by atoms with van der Waals surface area (Å²) >= 11 is 0. The maximum atomic E-state index is 11.1. The Bertz CT molecular complexity index is 419. The molecule has 1 aromatic rings. The zero-order valence-electron chi connectivity index (χ0n) is 11.7. The number of methoxy groups -OCH3 is 1. The van der Waals surface area contributed by atoms with E-state index in [4.69, 9.17) is 15.2 Å². The van der Waals surface area contributed by atoms with Crippen molar-refractivity contribution in [3.8, 4) is 11.5 Å². The van der Waals surface area contributed by atoms with Gasteiger partial charge in [0.25, 0.3) is 0 Å². The van der Waals surface area contributed by atoms with Gasteiger partial charge < -0.3 is 20.5 Å². The largest absolute Gasteiger partial charge is 0.493 e. The number of nitrogens with two attached hydrogens (primary N) is 1. The molecule has 0 spiro atoms. The molecule has 5 nitrogen and oxygen atoms in total. The van der Waals surface area contributed by atoms with E-state index in [1.54, 1.807) is 14.2 Å². The molecule has 0 saturated heterocycles. The van der Waals surface area contributed by atoms with Gasteiger partial charge >= 0.3 is 0 Å². The third-order valence-electron chi connectivity index (χ3n) is 2.80. The lowest BCUT2D eigenvalue weighted by atomic mass is 10.1. The molecule has 0 heterocycles. The molecule has 3 N–H and O–H groups in total. The molecule has 0 fully saturated rings. The zero-order chi connectivity index (χ0) is 14.3. The van der Waals surface area contributed by atoms with Crippen molar-refractivity contribution in [2.75, 3.05) is 20.8 Å². The number of nitrogens with one attached hydrogen (secondary N) is 1. The van der Waals surface area contributed by atoms with Crippen LogP contribution < -0.4 is 20.5 Å². The number of hydrogen-bond acceptors (Lipinski definition) is 4. The minimum atomic E-state index is -0.0452. The Morgan fingerprint density at radius 1 is 1.42 bits per heavy atom. The second-order valence-corrected chi connectivity index (χ2v) is 4.32. The third-order valence-corrected chi connectivity index (χ3v) is 2.80. The standard InChI is InChI=1S/C14H22N2O3/c1-10(15)11-6-7-12(13(9-11)18-3)19-8-4-5-14(17)16-2/h6-7,9-10H,4-5,8,15H2,1-3H3,(H,16,17)/t10-/m0/s1. The summed E-state index contributed by atoms with van der Waals surface area (Å²) < 4.78 is 10.9. The van der Waals surface area contributed by atoms with Crippen molar-refractivity contribution < 1.29 is 14.3 Å². The average Bonchev–Trinajstić information content (AvgIpc) is 2.42. The second-order valence-electron chi connectivity index (χ2n) is 4.32. The van der Waals surface area contributed by atoms with E-state index in [-0.39, 0.29) is 11.9 Å². The highest BCUT2D eigenvalue weighted by Crippen LogP contribution is 2.29. The molecule has 1 aromatic carbocycles. The van der Waals surface area contributed by atoms with Gasteiger partial charge in [-0.25, -0.2) is 0 Å². The van der Waals surface area contributed by atoms with E-state index in [1.165, 1.54) is 0 Å². The van der Waals surface area contributed by atoms with Gasteiger partial charge in [0.05, 0.1) is 13.7 Å². The van der Waals surface area contributed by atoms with Gasteiger partial charge in [-0.2, -0.15) is 0 Å². The van der Waals surface area contributed by atoms with Crippen molar-refractivity contribution in [2.45, 2.75) is 25.8 Å². The first-order chi connectivity index (χ1) is 9.08. The van der Waals surface area contributed by atoms with Crippen LogP contribution in [0.5, 0.6) is 11.5 Å². The fourth-order valence-electron chi connectivity index (χ4n) is 1.63. The highest BCUT2D eigenvalue weighted by molar-refractivity contribution is 5.75. The van der Waals surface area contributed by atoms with E-state index in [1.807, 2.05) is 25.1 Å². The Morgan fingerprint density at radius 3 is 2.74 bits per heavy atom. The number of amides is 1. The first-order valence-electron chi connectivity index (χ1n) is 6.35. The second kappa shape index (κ2) is 7.63. The van der Waals surface area contributed by atoms with Crippen LogP contribution in [0.3, 0.4) is 0 Å². The summed E-state index contributed by atoms with van der Waals surface area (Å²) in [7, 11) is 3.22. The van der Waals surface area contributed by atoms with Crippen molar-refractivity contribution in [1.29, 1.82) is 0 Å². The molecule has 0 unspecified atom stereocenters. The highest BCUT2D eigenvalue weighted by Gasteiger charge is 2.08. The lowest BCUT2D eigenvalue weighted by Crippen LogP contribution is -2.18. The van der Waals surface area contributed by atoms with Crippen LogP contribution in [0.1, 0.15) is 31.4 Å². The fourth-order valence-corrected chi connectivity index (χ4v) is 1.63. The molecule has 19 heavy (non-hydrogen) atoms. The molecule has 0 saturated carbocycles. The molecule has 0 aliphatic heterocycles. The zero-order valence-corrected chi connectivity index (χ0v) is 11.7. The van der Waals surface area contributed by atoms with Gasteiger partial charge in [-0.15, -0.1) is 0 Å². The number of hydrogen-bond donors (Lipinski definition) is 2. The minimum Gasteiger partial charge on any atom is -0.493 e. The predicted molar refractivity (Wildman–Crippen MR) is 74.4 cm³/mol. The van der Waals surface area contributed by atoms with Gasteiger partial charge in [0.2, 0.25) is 5.91 Å². The number of rotatable bonds is 7. The first kappa shape index (κ1) is 15.3. The van der Waals surface area contributed by atoms with E-state index in [0.29, 0.717) is 30.9 Å². The Morgan fingerprint density at radius 2 is 2.16 bits per heavy atom. The third kappa shape index (κ3) is 4.79. The Balaban J connectivity index is 2.56. The maximum absolute atomic E-state index is 11.1. The molecule has 0 bridgehead atoms. The quantitative estimate of drug-likeness (QED) is 0.735. The summed E-state index contributed by atoms with van der Waals surface area (Å²) in [6, 6.07) is 5.59. The van der Waals surface area contributed by atoms with Crippen molar-refractivity contribution >= 4 is 5.91 Å². The molecule has 1 rings (SSSR count). The van der Waals surface area contributed by atoms with Crippen LogP contribution in [0.25, 0.3) is 0 Å². The van der Waals surface area contributed by atoms with Gasteiger partial charge in [-0.3, -0.25) is 4.79 Å². The smallest absolute Gasteiger partial charge is 0.219 e. The normalized spacial score (nSPS) is 11.8.